The van der Waals surface area contributed by atoms with Crippen molar-refractivity contribution in [3.63, 3.8) is 0 Å². The summed E-state index contributed by atoms with van der Waals surface area (Å²) in [5.74, 6) is -0.131. The second kappa shape index (κ2) is 6.13. The molecular formula is C17H10ClF3N2O. The van der Waals surface area contributed by atoms with E-state index in [1.807, 2.05) is 0 Å². The molecule has 0 amide bonds. The van der Waals surface area contributed by atoms with E-state index in [1.54, 1.807) is 36.4 Å². The van der Waals surface area contributed by atoms with Crippen LogP contribution in [0.25, 0.3) is 6.08 Å². The second-order valence-electron chi connectivity index (χ2n) is 5.02. The average molecular weight is 351 g/mol. The maximum Gasteiger partial charge on any atom is 0.435 e. The summed E-state index contributed by atoms with van der Waals surface area (Å²) in [6, 6.07) is 12.3. The molecule has 1 aliphatic rings. The molecule has 0 atom stereocenters. The Balaban J connectivity index is 2.11. The Hall–Kier alpha value is -2.60. The molecule has 0 unspecified atom stereocenters. The van der Waals surface area contributed by atoms with Gasteiger partial charge in [0.1, 0.15) is 11.5 Å². The van der Waals surface area contributed by atoms with Crippen molar-refractivity contribution in [1.82, 2.24) is 0 Å². The summed E-state index contributed by atoms with van der Waals surface area (Å²) in [5.41, 5.74) is -0.540. The number of aromatic hydroxyl groups is 1. The number of nitrogens with zero attached hydrogens (tertiary/aromatic N) is 2. The van der Waals surface area contributed by atoms with E-state index < -0.39 is 11.9 Å². The van der Waals surface area contributed by atoms with Crippen LogP contribution in [0.4, 0.5) is 13.2 Å². The summed E-state index contributed by atoms with van der Waals surface area (Å²) in [6.07, 6.45) is -3.43. The molecule has 1 heterocycles. The van der Waals surface area contributed by atoms with Gasteiger partial charge in [-0.2, -0.15) is 13.2 Å². The first-order valence-corrected chi connectivity index (χ1v) is 7.23. The Bertz CT molecular complexity index is 868. The van der Waals surface area contributed by atoms with Gasteiger partial charge in [-0.25, -0.2) is 0 Å². The van der Waals surface area contributed by atoms with Crippen molar-refractivity contribution in [2.75, 3.05) is 0 Å². The number of para-hydroxylation sites is 1. The predicted molar refractivity (Wildman–Crippen MR) is 87.6 cm³/mol. The van der Waals surface area contributed by atoms with Crippen molar-refractivity contribution in [2.24, 2.45) is 10.2 Å². The molecule has 0 bridgehead atoms. The highest BCUT2D eigenvalue weighted by molar-refractivity contribution is 6.36. The highest BCUT2D eigenvalue weighted by Crippen LogP contribution is 2.32. The van der Waals surface area contributed by atoms with Crippen LogP contribution in [0.2, 0.25) is 5.02 Å². The molecule has 2 aromatic rings. The molecule has 0 aliphatic carbocycles. The van der Waals surface area contributed by atoms with E-state index in [1.165, 1.54) is 18.2 Å². The lowest BCUT2D eigenvalue weighted by atomic mass is 9.96. The predicted octanol–water partition coefficient (Wildman–Crippen LogP) is 4.85. The third-order valence-corrected chi connectivity index (χ3v) is 3.63. The number of benzene rings is 2. The molecule has 3 rings (SSSR count). The van der Waals surface area contributed by atoms with Gasteiger partial charge in [-0.05, 0) is 24.3 Å². The Labute approximate surface area is 140 Å². The number of hydrogen-bond donors (Lipinski definition) is 1. The summed E-state index contributed by atoms with van der Waals surface area (Å²) in [6.45, 7) is 0. The van der Waals surface area contributed by atoms with Crippen molar-refractivity contribution in [3.05, 3.63) is 70.3 Å². The number of phenols is 1. The van der Waals surface area contributed by atoms with Crippen molar-refractivity contribution in [1.29, 1.82) is 0 Å². The maximum absolute atomic E-state index is 13.2. The third-order valence-electron chi connectivity index (χ3n) is 3.38. The average Bonchev–Trinajstić information content (AvgIpc) is 2.94. The number of rotatable bonds is 2. The molecule has 7 heteroatoms. The van der Waals surface area contributed by atoms with E-state index in [2.05, 4.69) is 10.2 Å². The quantitative estimate of drug-likeness (QED) is 0.826. The molecule has 0 saturated heterocycles. The minimum atomic E-state index is -4.66. The zero-order chi connectivity index (χ0) is 17.3. The lowest BCUT2D eigenvalue weighted by Gasteiger charge is -2.10. The van der Waals surface area contributed by atoms with Crippen LogP contribution in [-0.4, -0.2) is 22.7 Å². The highest BCUT2D eigenvalue weighted by atomic mass is 35.5. The molecule has 0 fully saturated rings. The molecule has 122 valence electrons. The normalized spacial score (nSPS) is 16.2. The molecule has 0 radical (unpaired) electrons. The first kappa shape index (κ1) is 16.3. The van der Waals surface area contributed by atoms with Gasteiger partial charge in [-0.3, -0.25) is 0 Å². The fourth-order valence-corrected chi connectivity index (χ4v) is 2.38. The number of alkyl halides is 3. The number of phenolic OH excluding ortho intramolecular Hbond substituents is 1. The van der Waals surface area contributed by atoms with Gasteiger partial charge in [0, 0.05) is 21.7 Å². The Morgan fingerprint density at radius 3 is 2.25 bits per heavy atom. The second-order valence-corrected chi connectivity index (χ2v) is 5.46. The van der Waals surface area contributed by atoms with Gasteiger partial charge >= 0.3 is 6.18 Å². The lowest BCUT2D eigenvalue weighted by Crippen LogP contribution is -2.25. The highest BCUT2D eigenvalue weighted by Gasteiger charge is 2.42. The van der Waals surface area contributed by atoms with Crippen LogP contribution >= 0.6 is 11.6 Å². The van der Waals surface area contributed by atoms with E-state index in [-0.39, 0.29) is 22.6 Å². The van der Waals surface area contributed by atoms with Crippen molar-refractivity contribution in [2.45, 2.75) is 6.18 Å². The van der Waals surface area contributed by atoms with Crippen LogP contribution < -0.4 is 0 Å². The minimum absolute atomic E-state index is 0.0715. The summed E-state index contributed by atoms with van der Waals surface area (Å²) in [5, 5.41) is 17.3. The lowest BCUT2D eigenvalue weighted by molar-refractivity contribution is -0.0579. The van der Waals surface area contributed by atoms with E-state index in [0.29, 0.717) is 10.6 Å². The molecule has 24 heavy (non-hydrogen) atoms. The zero-order valence-electron chi connectivity index (χ0n) is 12.0. The smallest absolute Gasteiger partial charge is 0.435 e. The van der Waals surface area contributed by atoms with Crippen molar-refractivity contribution in [3.8, 4) is 5.75 Å². The van der Waals surface area contributed by atoms with Crippen LogP contribution in [0.15, 0.2) is 64.3 Å². The van der Waals surface area contributed by atoms with E-state index >= 15 is 0 Å². The van der Waals surface area contributed by atoms with Crippen LogP contribution in [-0.2, 0) is 0 Å². The van der Waals surface area contributed by atoms with Crippen LogP contribution in [0.5, 0.6) is 5.75 Å². The van der Waals surface area contributed by atoms with Crippen LogP contribution in [0, 0.1) is 0 Å². The van der Waals surface area contributed by atoms with Gasteiger partial charge in [0.05, 0.1) is 0 Å². The minimum Gasteiger partial charge on any atom is -0.507 e. The van der Waals surface area contributed by atoms with E-state index in [0.717, 1.165) is 0 Å². The first-order valence-electron chi connectivity index (χ1n) is 6.85. The Morgan fingerprint density at radius 2 is 1.62 bits per heavy atom. The van der Waals surface area contributed by atoms with E-state index in [9.17, 15) is 18.3 Å². The SMILES string of the molecule is Oc1ccccc1/C=C1\C(c2ccc(Cl)cc2)=NN=C1C(F)(F)F. The van der Waals surface area contributed by atoms with Gasteiger partial charge in [-0.15, -0.1) is 10.2 Å². The van der Waals surface area contributed by atoms with Gasteiger partial charge < -0.3 is 5.11 Å². The molecule has 3 nitrogen and oxygen atoms in total. The topological polar surface area (TPSA) is 45.0 Å². The number of halogens is 4. The van der Waals surface area contributed by atoms with Gasteiger partial charge in [-0.1, -0.05) is 41.9 Å². The van der Waals surface area contributed by atoms with Crippen LogP contribution in [0.1, 0.15) is 11.1 Å². The van der Waals surface area contributed by atoms with Gasteiger partial charge in [0.25, 0.3) is 0 Å². The summed E-state index contributed by atoms with van der Waals surface area (Å²) >= 11 is 5.81. The Kier molecular flexibility index (Phi) is 4.15. The molecule has 2 aromatic carbocycles. The first-order chi connectivity index (χ1) is 11.4. The van der Waals surface area contributed by atoms with E-state index in [4.69, 9.17) is 11.6 Å². The van der Waals surface area contributed by atoms with Crippen molar-refractivity contribution < 1.29 is 18.3 Å². The van der Waals surface area contributed by atoms with Crippen molar-refractivity contribution >= 4 is 29.1 Å². The fraction of sp³-hybridized carbons (Fsp3) is 0.0588. The number of allylic oxidation sites excluding steroid dienone is 1. The van der Waals surface area contributed by atoms with Crippen LogP contribution in [0.3, 0.4) is 0 Å². The monoisotopic (exact) mass is 350 g/mol. The third kappa shape index (κ3) is 3.19. The number of hydrogen-bond acceptors (Lipinski definition) is 3. The fourth-order valence-electron chi connectivity index (χ4n) is 2.25. The zero-order valence-corrected chi connectivity index (χ0v) is 12.8. The summed E-state index contributed by atoms with van der Waals surface area (Å²) < 4.78 is 39.7. The molecule has 0 spiro atoms. The Morgan fingerprint density at radius 1 is 0.958 bits per heavy atom. The molecular weight excluding hydrogens is 341 g/mol. The molecule has 1 aliphatic heterocycles. The maximum atomic E-state index is 13.2. The summed E-state index contributed by atoms with van der Waals surface area (Å²) in [4.78, 5) is 0. The largest absolute Gasteiger partial charge is 0.507 e. The molecule has 0 aromatic heterocycles. The summed E-state index contributed by atoms with van der Waals surface area (Å²) in [7, 11) is 0. The van der Waals surface area contributed by atoms with Gasteiger partial charge in [0.2, 0.25) is 0 Å². The molecule has 0 saturated carbocycles. The van der Waals surface area contributed by atoms with Gasteiger partial charge in [0.15, 0.2) is 5.71 Å². The molecule has 1 N–H and O–H groups in total. The standard InChI is InChI=1S/C17H10ClF3N2O/c18-12-7-5-10(6-8-12)15-13(16(23-22-15)17(19,20)21)9-11-3-1-2-4-14(11)24/h1-9,24H/b13-9+.